The summed E-state index contributed by atoms with van der Waals surface area (Å²) in [4.78, 5) is 39.0. The van der Waals surface area contributed by atoms with Crippen LogP contribution in [0.5, 0.6) is 0 Å². The van der Waals surface area contributed by atoms with Crippen LogP contribution in [0.25, 0.3) is 0 Å². The van der Waals surface area contributed by atoms with Crippen LogP contribution >= 0.6 is 0 Å². The molecule has 1 aliphatic rings. The minimum atomic E-state index is -0.274. The molecule has 2 heterocycles. The lowest BCUT2D eigenvalue weighted by Gasteiger charge is -2.19. The van der Waals surface area contributed by atoms with Crippen LogP contribution in [-0.2, 0) is 4.79 Å². The summed E-state index contributed by atoms with van der Waals surface area (Å²) < 4.78 is 0. The molecule has 1 aromatic rings. The first-order valence-corrected chi connectivity index (χ1v) is 6.08. The van der Waals surface area contributed by atoms with Gasteiger partial charge in [-0.3, -0.25) is 14.4 Å². The van der Waals surface area contributed by atoms with Crippen LogP contribution in [0.15, 0.2) is 16.9 Å². The number of nitrogens with zero attached hydrogens (tertiary/aromatic N) is 1. The number of aromatic amines is 1. The Bertz CT molecular complexity index is 533. The van der Waals surface area contributed by atoms with Crippen molar-refractivity contribution in [3.8, 4) is 0 Å². The second-order valence-corrected chi connectivity index (χ2v) is 4.62. The van der Waals surface area contributed by atoms with E-state index in [0.717, 1.165) is 5.56 Å². The fraction of sp³-hybridized carbons (Fsp3) is 0.462. The molecule has 0 bridgehead atoms. The number of amides is 1. The van der Waals surface area contributed by atoms with Gasteiger partial charge in [0, 0.05) is 32.0 Å². The largest absolute Gasteiger partial charge is 0.337 e. The zero-order valence-electron chi connectivity index (χ0n) is 10.4. The van der Waals surface area contributed by atoms with Gasteiger partial charge in [-0.2, -0.15) is 0 Å². The van der Waals surface area contributed by atoms with Gasteiger partial charge in [-0.15, -0.1) is 0 Å². The van der Waals surface area contributed by atoms with Gasteiger partial charge in [0.15, 0.2) is 0 Å². The molecular weight excluding hydrogens is 232 g/mol. The van der Waals surface area contributed by atoms with Crippen molar-refractivity contribution in [2.75, 3.05) is 13.1 Å². The second-order valence-electron chi connectivity index (χ2n) is 4.62. The number of pyridine rings is 1. The van der Waals surface area contributed by atoms with Crippen LogP contribution in [-0.4, -0.2) is 34.7 Å². The normalized spacial score (nSPS) is 16.5. The summed E-state index contributed by atoms with van der Waals surface area (Å²) in [6, 6.07) is 3.11. The molecule has 1 amide bonds. The van der Waals surface area contributed by atoms with Gasteiger partial charge in [-0.25, -0.2) is 0 Å². The number of likely N-dealkylation sites (tertiary alicyclic amines) is 1. The van der Waals surface area contributed by atoms with E-state index in [1.807, 2.05) is 0 Å². The van der Waals surface area contributed by atoms with Crippen molar-refractivity contribution in [2.24, 2.45) is 0 Å². The maximum atomic E-state index is 12.2. The molecule has 0 aliphatic carbocycles. The first kappa shape index (κ1) is 12.5. The standard InChI is InChI=1S/C13H16N2O3/c1-9-7-11(14-12(17)8-9)13(18)15-5-2-3-10(16)4-6-15/h7-8H,2-6H2,1H3,(H,14,17). The maximum Gasteiger partial charge on any atom is 0.270 e. The highest BCUT2D eigenvalue weighted by Crippen LogP contribution is 2.10. The van der Waals surface area contributed by atoms with Gasteiger partial charge in [0.1, 0.15) is 11.5 Å². The summed E-state index contributed by atoms with van der Waals surface area (Å²) in [7, 11) is 0. The number of Topliss-reactive ketones (excluding diaryl/α,β-unsaturated/α-hetero) is 1. The fourth-order valence-corrected chi connectivity index (χ4v) is 2.13. The Balaban J connectivity index is 2.19. The first-order chi connectivity index (χ1) is 8.56. The molecule has 0 saturated carbocycles. The van der Waals surface area contributed by atoms with E-state index >= 15 is 0 Å². The molecule has 1 aromatic heterocycles. The van der Waals surface area contributed by atoms with Gasteiger partial charge in [-0.05, 0) is 25.0 Å². The number of H-pyrrole nitrogens is 1. The molecule has 1 fully saturated rings. The lowest BCUT2D eigenvalue weighted by atomic mass is 10.2. The van der Waals surface area contributed by atoms with Crippen LogP contribution in [0.3, 0.4) is 0 Å². The summed E-state index contributed by atoms with van der Waals surface area (Å²) in [5, 5.41) is 0. The smallest absolute Gasteiger partial charge is 0.270 e. The molecule has 1 N–H and O–H groups in total. The van der Waals surface area contributed by atoms with E-state index in [2.05, 4.69) is 4.98 Å². The topological polar surface area (TPSA) is 70.2 Å². The highest BCUT2D eigenvalue weighted by molar-refractivity contribution is 5.93. The van der Waals surface area contributed by atoms with E-state index < -0.39 is 0 Å². The molecule has 96 valence electrons. The Hall–Kier alpha value is -1.91. The number of carbonyl (C=O) groups excluding carboxylic acids is 2. The molecule has 0 radical (unpaired) electrons. The van der Waals surface area contributed by atoms with Gasteiger partial charge >= 0.3 is 0 Å². The van der Waals surface area contributed by atoms with Crippen molar-refractivity contribution in [2.45, 2.75) is 26.2 Å². The van der Waals surface area contributed by atoms with Crippen LogP contribution in [0.2, 0.25) is 0 Å². The summed E-state index contributed by atoms with van der Waals surface area (Å²) in [5.74, 6) is -0.00599. The average molecular weight is 248 g/mol. The maximum absolute atomic E-state index is 12.2. The Morgan fingerprint density at radius 1 is 1.22 bits per heavy atom. The molecular formula is C13H16N2O3. The number of rotatable bonds is 1. The van der Waals surface area contributed by atoms with E-state index in [4.69, 9.17) is 0 Å². The lowest BCUT2D eigenvalue weighted by molar-refractivity contribution is -0.118. The third-order valence-electron chi connectivity index (χ3n) is 3.05. The molecule has 0 unspecified atom stereocenters. The van der Waals surface area contributed by atoms with Crippen molar-refractivity contribution in [3.63, 3.8) is 0 Å². The van der Waals surface area contributed by atoms with Crippen LogP contribution in [0.1, 0.15) is 35.3 Å². The number of hydrogen-bond acceptors (Lipinski definition) is 3. The monoisotopic (exact) mass is 248 g/mol. The zero-order valence-corrected chi connectivity index (χ0v) is 10.4. The van der Waals surface area contributed by atoms with Gasteiger partial charge in [0.25, 0.3) is 5.91 Å². The predicted octanol–water partition coefficient (Wildman–Crippen LogP) is 0.879. The Kier molecular flexibility index (Phi) is 3.60. The molecule has 0 atom stereocenters. The quantitative estimate of drug-likeness (QED) is 0.802. The number of nitrogens with one attached hydrogen (secondary N) is 1. The number of carbonyl (C=O) groups is 2. The fourth-order valence-electron chi connectivity index (χ4n) is 2.13. The summed E-state index contributed by atoms with van der Waals surface area (Å²) in [6.45, 7) is 2.78. The summed E-state index contributed by atoms with van der Waals surface area (Å²) in [5.41, 5.74) is 0.784. The summed E-state index contributed by atoms with van der Waals surface area (Å²) >= 11 is 0. The third kappa shape index (κ3) is 2.85. The molecule has 2 rings (SSSR count). The number of aromatic nitrogens is 1. The van der Waals surface area contributed by atoms with Crippen LogP contribution in [0.4, 0.5) is 0 Å². The van der Waals surface area contributed by atoms with Gasteiger partial charge < -0.3 is 9.88 Å². The van der Waals surface area contributed by atoms with Crippen molar-refractivity contribution < 1.29 is 9.59 Å². The number of ketones is 1. The second kappa shape index (κ2) is 5.16. The average Bonchev–Trinajstić information content (AvgIpc) is 2.52. The van der Waals surface area contributed by atoms with Crippen molar-refractivity contribution >= 4 is 11.7 Å². The molecule has 0 spiro atoms. The van der Waals surface area contributed by atoms with Crippen molar-refractivity contribution in [1.29, 1.82) is 0 Å². The van der Waals surface area contributed by atoms with Gasteiger partial charge in [0.05, 0.1) is 0 Å². The minimum Gasteiger partial charge on any atom is -0.337 e. The first-order valence-electron chi connectivity index (χ1n) is 6.08. The molecule has 1 aliphatic heterocycles. The Morgan fingerprint density at radius 2 is 2.00 bits per heavy atom. The molecule has 1 saturated heterocycles. The van der Waals surface area contributed by atoms with E-state index in [9.17, 15) is 14.4 Å². The van der Waals surface area contributed by atoms with Crippen molar-refractivity contribution in [1.82, 2.24) is 9.88 Å². The zero-order chi connectivity index (χ0) is 13.1. The van der Waals surface area contributed by atoms with Crippen molar-refractivity contribution in [3.05, 3.63) is 33.7 Å². The molecule has 0 aromatic carbocycles. The minimum absolute atomic E-state index is 0.197. The van der Waals surface area contributed by atoms with E-state index in [-0.39, 0.29) is 17.2 Å². The highest BCUT2D eigenvalue weighted by Gasteiger charge is 2.20. The number of hydrogen-bond donors (Lipinski definition) is 1. The van der Waals surface area contributed by atoms with E-state index in [1.54, 1.807) is 17.9 Å². The van der Waals surface area contributed by atoms with E-state index in [1.165, 1.54) is 6.07 Å². The molecule has 5 heteroatoms. The SMILES string of the molecule is Cc1cc(C(=O)N2CCCC(=O)CC2)[nH]c(=O)c1. The molecule has 18 heavy (non-hydrogen) atoms. The Labute approximate surface area is 105 Å². The summed E-state index contributed by atoms with van der Waals surface area (Å²) in [6.07, 6.45) is 1.64. The van der Waals surface area contributed by atoms with E-state index in [0.29, 0.717) is 38.0 Å². The highest BCUT2D eigenvalue weighted by atomic mass is 16.2. The third-order valence-corrected chi connectivity index (χ3v) is 3.05. The lowest BCUT2D eigenvalue weighted by Crippen LogP contribution is -2.33. The Morgan fingerprint density at radius 3 is 2.72 bits per heavy atom. The predicted molar refractivity (Wildman–Crippen MR) is 66.6 cm³/mol. The number of aryl methyl sites for hydroxylation is 1. The van der Waals surface area contributed by atoms with Gasteiger partial charge in [-0.1, -0.05) is 0 Å². The van der Waals surface area contributed by atoms with Crippen LogP contribution < -0.4 is 5.56 Å². The van der Waals surface area contributed by atoms with Crippen LogP contribution in [0, 0.1) is 6.92 Å². The van der Waals surface area contributed by atoms with Gasteiger partial charge in [0.2, 0.25) is 5.56 Å². The molecule has 5 nitrogen and oxygen atoms in total.